The van der Waals surface area contributed by atoms with Gasteiger partial charge in [0.15, 0.2) is 0 Å². The first kappa shape index (κ1) is 20.3. The number of aryl methyl sites for hydroxylation is 1. The van der Waals surface area contributed by atoms with E-state index in [2.05, 4.69) is 39.3 Å². The molecule has 0 saturated carbocycles. The van der Waals surface area contributed by atoms with E-state index in [0.717, 1.165) is 54.5 Å². The van der Waals surface area contributed by atoms with Gasteiger partial charge in [0.25, 0.3) is 0 Å². The van der Waals surface area contributed by atoms with Crippen LogP contribution in [-0.2, 0) is 4.74 Å². The second kappa shape index (κ2) is 9.67. The Morgan fingerprint density at radius 2 is 2.07 bits per heavy atom. The molecule has 2 unspecified atom stereocenters. The van der Waals surface area contributed by atoms with Crippen LogP contribution in [0.5, 0.6) is 5.75 Å². The van der Waals surface area contributed by atoms with Crippen molar-refractivity contribution < 1.29 is 9.47 Å². The minimum atomic E-state index is 0.210. The minimum Gasteiger partial charge on any atom is -0.491 e. The lowest BCUT2D eigenvalue weighted by Gasteiger charge is -2.19. The number of benzene rings is 1. The lowest BCUT2D eigenvalue weighted by molar-refractivity contribution is 0.0675. The topological polar surface area (TPSA) is 69.2 Å². The molecule has 1 aliphatic heterocycles. The first-order valence-electron chi connectivity index (χ1n) is 10.5. The average molecular weight is 405 g/mol. The number of ether oxygens (including phenoxy) is 2. The van der Waals surface area contributed by atoms with Crippen LogP contribution in [0.2, 0.25) is 0 Å². The van der Waals surface area contributed by atoms with E-state index in [4.69, 9.17) is 9.47 Å². The Morgan fingerprint density at radius 1 is 1.17 bits per heavy atom. The lowest BCUT2D eigenvalue weighted by atomic mass is 10.00. The van der Waals surface area contributed by atoms with E-state index in [1.165, 1.54) is 5.56 Å². The van der Waals surface area contributed by atoms with Gasteiger partial charge in [-0.05, 0) is 43.5 Å². The average Bonchev–Trinajstić information content (AvgIpc) is 3.31. The molecular weight excluding hydrogens is 376 g/mol. The first-order chi connectivity index (χ1) is 14.7. The van der Waals surface area contributed by atoms with Gasteiger partial charge in [-0.3, -0.25) is 4.98 Å². The van der Waals surface area contributed by atoms with Crippen molar-refractivity contribution in [2.45, 2.75) is 38.7 Å². The normalized spacial score (nSPS) is 16.9. The molecule has 30 heavy (non-hydrogen) atoms. The summed E-state index contributed by atoms with van der Waals surface area (Å²) in [4.78, 5) is 13.1. The van der Waals surface area contributed by atoms with E-state index < -0.39 is 0 Å². The van der Waals surface area contributed by atoms with Crippen molar-refractivity contribution in [1.82, 2.24) is 15.0 Å². The summed E-state index contributed by atoms with van der Waals surface area (Å²) in [6, 6.07) is 14.2. The largest absolute Gasteiger partial charge is 0.491 e. The Kier molecular flexibility index (Phi) is 6.54. The molecule has 1 aromatic carbocycles. The zero-order chi connectivity index (χ0) is 20.8. The fourth-order valence-corrected chi connectivity index (χ4v) is 3.58. The Hall–Kier alpha value is -2.99. The Balaban J connectivity index is 1.39. The monoisotopic (exact) mass is 404 g/mol. The molecule has 0 radical (unpaired) electrons. The standard InChI is InChI=1S/C24H28N4O2/c1-17(21-7-3-4-8-23(21)30-15-20-6-5-11-29-20)13-26-24-12-22(27-16-28-24)19-10-9-18(2)25-14-19/h3-4,7-10,12,14,16-17,20H,5-6,11,13,15H2,1-2H3,(H,26,27,28). The zero-order valence-corrected chi connectivity index (χ0v) is 17.5. The van der Waals surface area contributed by atoms with Crippen molar-refractivity contribution in [3.8, 4) is 17.0 Å². The summed E-state index contributed by atoms with van der Waals surface area (Å²) >= 11 is 0. The third-order valence-corrected chi connectivity index (χ3v) is 5.36. The SMILES string of the molecule is Cc1ccc(-c2cc(NCC(C)c3ccccc3OCC3CCCO3)ncn2)cn1. The molecule has 1 fully saturated rings. The van der Waals surface area contributed by atoms with Crippen LogP contribution in [0.25, 0.3) is 11.3 Å². The van der Waals surface area contributed by atoms with Gasteiger partial charge in [0.05, 0.1) is 11.8 Å². The number of hydrogen-bond donors (Lipinski definition) is 1. The van der Waals surface area contributed by atoms with Crippen LogP contribution in [0.15, 0.2) is 55.0 Å². The lowest BCUT2D eigenvalue weighted by Crippen LogP contribution is -2.18. The summed E-state index contributed by atoms with van der Waals surface area (Å²) in [6.45, 7) is 6.35. The van der Waals surface area contributed by atoms with Crippen LogP contribution in [-0.4, -0.2) is 40.8 Å². The van der Waals surface area contributed by atoms with Gasteiger partial charge in [0.1, 0.15) is 24.5 Å². The van der Waals surface area contributed by atoms with Gasteiger partial charge >= 0.3 is 0 Å². The molecule has 0 bridgehead atoms. The third-order valence-electron chi connectivity index (χ3n) is 5.36. The van der Waals surface area contributed by atoms with Gasteiger partial charge in [-0.1, -0.05) is 25.1 Å². The molecule has 156 valence electrons. The molecule has 3 heterocycles. The fraction of sp³-hybridized carbons (Fsp3) is 0.375. The molecule has 0 amide bonds. The van der Waals surface area contributed by atoms with E-state index >= 15 is 0 Å². The van der Waals surface area contributed by atoms with Crippen LogP contribution in [0.3, 0.4) is 0 Å². The highest BCUT2D eigenvalue weighted by atomic mass is 16.5. The van der Waals surface area contributed by atoms with Crippen LogP contribution in [0.4, 0.5) is 5.82 Å². The predicted octanol–water partition coefficient (Wildman–Crippen LogP) is 4.62. The highest BCUT2D eigenvalue weighted by Crippen LogP contribution is 2.28. The summed E-state index contributed by atoms with van der Waals surface area (Å²) in [5.74, 6) is 1.98. The molecule has 6 nitrogen and oxygen atoms in total. The summed E-state index contributed by atoms with van der Waals surface area (Å²) < 4.78 is 11.8. The Labute approximate surface area is 177 Å². The number of para-hydroxylation sites is 1. The zero-order valence-electron chi connectivity index (χ0n) is 17.5. The predicted molar refractivity (Wildman–Crippen MR) is 118 cm³/mol. The van der Waals surface area contributed by atoms with E-state index in [1.54, 1.807) is 6.33 Å². The molecule has 3 aromatic rings. The van der Waals surface area contributed by atoms with Gasteiger partial charge in [0.2, 0.25) is 0 Å². The quantitative estimate of drug-likeness (QED) is 0.591. The Bertz CT molecular complexity index is 955. The maximum atomic E-state index is 6.10. The molecule has 4 rings (SSSR count). The van der Waals surface area contributed by atoms with E-state index in [0.29, 0.717) is 6.61 Å². The fourth-order valence-electron chi connectivity index (χ4n) is 3.58. The number of anilines is 1. The van der Waals surface area contributed by atoms with E-state index in [-0.39, 0.29) is 12.0 Å². The molecule has 2 atom stereocenters. The van der Waals surface area contributed by atoms with E-state index in [1.807, 2.05) is 43.5 Å². The van der Waals surface area contributed by atoms with Crippen molar-refractivity contribution >= 4 is 5.82 Å². The highest BCUT2D eigenvalue weighted by molar-refractivity contribution is 5.61. The molecule has 0 spiro atoms. The van der Waals surface area contributed by atoms with Crippen LogP contribution >= 0.6 is 0 Å². The van der Waals surface area contributed by atoms with Gasteiger partial charge in [-0.25, -0.2) is 9.97 Å². The van der Waals surface area contributed by atoms with E-state index in [9.17, 15) is 0 Å². The molecule has 6 heteroatoms. The molecule has 1 aliphatic rings. The van der Waals surface area contributed by atoms with Gasteiger partial charge in [-0.15, -0.1) is 0 Å². The smallest absolute Gasteiger partial charge is 0.129 e. The second-order valence-corrected chi connectivity index (χ2v) is 7.74. The summed E-state index contributed by atoms with van der Waals surface area (Å²) in [5.41, 5.74) is 4.00. The second-order valence-electron chi connectivity index (χ2n) is 7.74. The molecule has 1 saturated heterocycles. The molecular formula is C24H28N4O2. The van der Waals surface area contributed by atoms with Crippen molar-refractivity contribution in [3.05, 3.63) is 66.2 Å². The van der Waals surface area contributed by atoms with Crippen LogP contribution in [0.1, 0.15) is 36.9 Å². The summed E-state index contributed by atoms with van der Waals surface area (Å²) in [5, 5.41) is 3.44. The van der Waals surface area contributed by atoms with Crippen molar-refractivity contribution in [1.29, 1.82) is 0 Å². The van der Waals surface area contributed by atoms with Crippen LogP contribution < -0.4 is 10.1 Å². The summed E-state index contributed by atoms with van der Waals surface area (Å²) in [7, 11) is 0. The minimum absolute atomic E-state index is 0.210. The number of aromatic nitrogens is 3. The van der Waals surface area contributed by atoms with Crippen molar-refractivity contribution in [2.75, 3.05) is 25.1 Å². The van der Waals surface area contributed by atoms with Crippen LogP contribution in [0, 0.1) is 6.92 Å². The highest BCUT2D eigenvalue weighted by Gasteiger charge is 2.18. The maximum Gasteiger partial charge on any atom is 0.129 e. The molecule has 2 aromatic heterocycles. The maximum absolute atomic E-state index is 6.10. The number of rotatable bonds is 8. The van der Waals surface area contributed by atoms with Crippen molar-refractivity contribution in [2.24, 2.45) is 0 Å². The van der Waals surface area contributed by atoms with Gasteiger partial charge < -0.3 is 14.8 Å². The number of pyridine rings is 1. The molecule has 0 aliphatic carbocycles. The van der Waals surface area contributed by atoms with Gasteiger partial charge in [-0.2, -0.15) is 0 Å². The molecule has 1 N–H and O–H groups in total. The first-order valence-corrected chi connectivity index (χ1v) is 10.5. The Morgan fingerprint density at radius 3 is 2.87 bits per heavy atom. The van der Waals surface area contributed by atoms with Gasteiger partial charge in [0, 0.05) is 42.6 Å². The third kappa shape index (κ3) is 5.13. The number of hydrogen-bond acceptors (Lipinski definition) is 6. The number of nitrogens with zero attached hydrogens (tertiary/aromatic N) is 3. The van der Waals surface area contributed by atoms with Crippen molar-refractivity contribution in [3.63, 3.8) is 0 Å². The number of nitrogens with one attached hydrogen (secondary N) is 1. The summed E-state index contributed by atoms with van der Waals surface area (Å²) in [6.07, 6.45) is 5.83.